The summed E-state index contributed by atoms with van der Waals surface area (Å²) in [6.07, 6.45) is 3.23. The van der Waals surface area contributed by atoms with Crippen LogP contribution in [0.4, 0.5) is 4.39 Å². The van der Waals surface area contributed by atoms with Crippen molar-refractivity contribution in [1.82, 2.24) is 4.90 Å². The molecule has 1 aliphatic carbocycles. The van der Waals surface area contributed by atoms with Crippen LogP contribution in [0.25, 0.3) is 11.1 Å². The predicted octanol–water partition coefficient (Wildman–Crippen LogP) is 4.33. The van der Waals surface area contributed by atoms with Gasteiger partial charge in [-0.3, -0.25) is 0 Å². The van der Waals surface area contributed by atoms with E-state index in [0.29, 0.717) is 6.04 Å². The Hall–Kier alpha value is -1.38. The molecule has 0 spiro atoms. The van der Waals surface area contributed by atoms with Crippen LogP contribution in [0.2, 0.25) is 0 Å². The second-order valence-corrected chi connectivity index (χ2v) is 5.78. The summed E-state index contributed by atoms with van der Waals surface area (Å²) >= 11 is 0. The van der Waals surface area contributed by atoms with Crippen molar-refractivity contribution in [2.24, 2.45) is 0 Å². The second-order valence-electron chi connectivity index (χ2n) is 5.78. The molecule has 0 aromatic heterocycles. The van der Waals surface area contributed by atoms with Crippen LogP contribution >= 0.6 is 12.4 Å². The van der Waals surface area contributed by atoms with E-state index in [1.807, 2.05) is 18.2 Å². The zero-order valence-corrected chi connectivity index (χ0v) is 13.3. The first-order valence-corrected chi connectivity index (χ1v) is 7.19. The molecule has 0 heterocycles. The van der Waals surface area contributed by atoms with Gasteiger partial charge in [0.25, 0.3) is 0 Å². The van der Waals surface area contributed by atoms with E-state index in [9.17, 15) is 4.39 Å². The average Bonchev–Trinajstić information content (AvgIpc) is 2.46. The molecule has 0 amide bonds. The molecule has 3 heteroatoms. The zero-order chi connectivity index (χ0) is 14.1. The Bertz CT molecular complexity index is 624. The topological polar surface area (TPSA) is 3.24 Å². The van der Waals surface area contributed by atoms with E-state index in [0.717, 1.165) is 30.4 Å². The first-order valence-electron chi connectivity index (χ1n) is 7.19. The highest BCUT2D eigenvalue weighted by molar-refractivity contribution is 5.85. The number of hydrogen-bond acceptors (Lipinski definition) is 1. The maximum atomic E-state index is 14.0. The third-order valence-electron chi connectivity index (χ3n) is 4.35. The van der Waals surface area contributed by atoms with Crippen LogP contribution in [0.1, 0.15) is 17.5 Å². The van der Waals surface area contributed by atoms with Crippen LogP contribution < -0.4 is 0 Å². The van der Waals surface area contributed by atoms with Gasteiger partial charge < -0.3 is 4.90 Å². The Morgan fingerprint density at radius 3 is 2.43 bits per heavy atom. The molecule has 1 atom stereocenters. The molecule has 112 valence electrons. The number of nitrogens with zero attached hydrogens (tertiary/aromatic N) is 1. The SMILES string of the molecule is CN(C)[C@H]1CCc2c(cccc2-c2ccccc2F)C1.Cl. The molecular weight excluding hydrogens is 285 g/mol. The monoisotopic (exact) mass is 305 g/mol. The molecule has 1 nitrogen and oxygen atoms in total. The lowest BCUT2D eigenvalue weighted by atomic mass is 9.83. The van der Waals surface area contributed by atoms with Gasteiger partial charge in [0.05, 0.1) is 0 Å². The van der Waals surface area contributed by atoms with Crippen molar-refractivity contribution in [2.45, 2.75) is 25.3 Å². The molecule has 0 unspecified atom stereocenters. The predicted molar refractivity (Wildman–Crippen MR) is 88.6 cm³/mol. The number of benzene rings is 2. The number of halogens is 2. The van der Waals surface area contributed by atoms with E-state index in [4.69, 9.17) is 0 Å². The van der Waals surface area contributed by atoms with Crippen molar-refractivity contribution in [2.75, 3.05) is 14.1 Å². The van der Waals surface area contributed by atoms with E-state index >= 15 is 0 Å². The van der Waals surface area contributed by atoms with E-state index in [2.05, 4.69) is 31.1 Å². The molecule has 0 aliphatic heterocycles. The van der Waals surface area contributed by atoms with Crippen molar-refractivity contribution in [3.63, 3.8) is 0 Å². The summed E-state index contributed by atoms with van der Waals surface area (Å²) in [5, 5.41) is 0. The van der Waals surface area contributed by atoms with E-state index in [1.165, 1.54) is 11.1 Å². The quantitative estimate of drug-likeness (QED) is 0.798. The Labute approximate surface area is 132 Å². The van der Waals surface area contributed by atoms with Crippen molar-refractivity contribution in [1.29, 1.82) is 0 Å². The highest BCUT2D eigenvalue weighted by Crippen LogP contribution is 2.33. The largest absolute Gasteiger partial charge is 0.306 e. The van der Waals surface area contributed by atoms with Gasteiger partial charge in [-0.15, -0.1) is 12.4 Å². The van der Waals surface area contributed by atoms with Gasteiger partial charge >= 0.3 is 0 Å². The fourth-order valence-corrected chi connectivity index (χ4v) is 3.16. The summed E-state index contributed by atoms with van der Waals surface area (Å²) in [7, 11) is 4.27. The fraction of sp³-hybridized carbons (Fsp3) is 0.333. The standard InChI is InChI=1S/C18H20FN.ClH/c1-20(2)14-10-11-15-13(12-14)6-5-8-16(15)17-7-3-4-9-18(17)19;/h3-9,14H,10-12H2,1-2H3;1H/t14-;/m0./s1. The van der Waals surface area contributed by atoms with Crippen molar-refractivity contribution >= 4 is 12.4 Å². The Kier molecular flexibility index (Phi) is 5.02. The van der Waals surface area contributed by atoms with Gasteiger partial charge in [0, 0.05) is 11.6 Å². The molecule has 0 bridgehead atoms. The molecule has 21 heavy (non-hydrogen) atoms. The Morgan fingerprint density at radius 1 is 1.00 bits per heavy atom. The summed E-state index contributed by atoms with van der Waals surface area (Å²) in [6.45, 7) is 0. The number of rotatable bonds is 2. The number of likely N-dealkylation sites (N-methyl/N-ethyl adjacent to an activating group) is 1. The second kappa shape index (κ2) is 6.59. The fourth-order valence-electron chi connectivity index (χ4n) is 3.16. The summed E-state index contributed by atoms with van der Waals surface area (Å²) in [5.74, 6) is -0.129. The van der Waals surface area contributed by atoms with Gasteiger partial charge in [-0.1, -0.05) is 36.4 Å². The summed E-state index contributed by atoms with van der Waals surface area (Å²) in [5.41, 5.74) is 4.50. The van der Waals surface area contributed by atoms with E-state index < -0.39 is 0 Å². The summed E-state index contributed by atoms with van der Waals surface area (Å²) in [6, 6.07) is 14.0. The van der Waals surface area contributed by atoms with Gasteiger partial charge in [0.2, 0.25) is 0 Å². The van der Waals surface area contributed by atoms with Crippen molar-refractivity contribution in [3.05, 3.63) is 59.4 Å². The molecular formula is C18H21ClFN. The normalized spacial score (nSPS) is 17.2. The lowest BCUT2D eigenvalue weighted by Crippen LogP contribution is -2.33. The van der Waals surface area contributed by atoms with E-state index in [1.54, 1.807) is 12.1 Å². The lowest BCUT2D eigenvalue weighted by Gasteiger charge is -2.31. The van der Waals surface area contributed by atoms with Crippen LogP contribution in [0.5, 0.6) is 0 Å². The highest BCUT2D eigenvalue weighted by Gasteiger charge is 2.22. The molecule has 0 radical (unpaired) electrons. The first-order chi connectivity index (χ1) is 9.66. The van der Waals surface area contributed by atoms with Gasteiger partial charge in [0.15, 0.2) is 0 Å². The first kappa shape index (κ1) is 16.0. The molecule has 2 aromatic carbocycles. The summed E-state index contributed by atoms with van der Waals surface area (Å²) < 4.78 is 14.0. The van der Waals surface area contributed by atoms with Crippen LogP contribution in [0, 0.1) is 5.82 Å². The molecule has 0 N–H and O–H groups in total. The van der Waals surface area contributed by atoms with Gasteiger partial charge in [-0.05, 0) is 56.1 Å². The Balaban J connectivity index is 0.00000161. The van der Waals surface area contributed by atoms with Gasteiger partial charge in [0.1, 0.15) is 5.82 Å². The third-order valence-corrected chi connectivity index (χ3v) is 4.35. The van der Waals surface area contributed by atoms with Crippen LogP contribution in [0.3, 0.4) is 0 Å². The van der Waals surface area contributed by atoms with Gasteiger partial charge in [-0.25, -0.2) is 4.39 Å². The number of fused-ring (bicyclic) bond motifs is 1. The Morgan fingerprint density at radius 2 is 1.71 bits per heavy atom. The third kappa shape index (κ3) is 3.12. The van der Waals surface area contributed by atoms with Crippen LogP contribution in [0.15, 0.2) is 42.5 Å². The minimum Gasteiger partial charge on any atom is -0.306 e. The maximum absolute atomic E-state index is 14.0. The molecule has 3 rings (SSSR count). The minimum atomic E-state index is -0.129. The van der Waals surface area contributed by atoms with Crippen LogP contribution in [-0.2, 0) is 12.8 Å². The smallest absolute Gasteiger partial charge is 0.131 e. The van der Waals surface area contributed by atoms with Crippen molar-refractivity contribution in [3.8, 4) is 11.1 Å². The van der Waals surface area contributed by atoms with Crippen molar-refractivity contribution < 1.29 is 4.39 Å². The zero-order valence-electron chi connectivity index (χ0n) is 12.5. The van der Waals surface area contributed by atoms with Gasteiger partial charge in [-0.2, -0.15) is 0 Å². The minimum absolute atomic E-state index is 0. The molecule has 0 saturated carbocycles. The number of hydrogen-bond donors (Lipinski definition) is 0. The molecule has 0 fully saturated rings. The van der Waals surface area contributed by atoms with E-state index in [-0.39, 0.29) is 18.2 Å². The van der Waals surface area contributed by atoms with Crippen LogP contribution in [-0.4, -0.2) is 25.0 Å². The highest BCUT2D eigenvalue weighted by atomic mass is 35.5. The molecule has 1 aliphatic rings. The summed E-state index contributed by atoms with van der Waals surface area (Å²) in [4.78, 5) is 2.29. The molecule has 0 saturated heterocycles. The average molecular weight is 306 g/mol. The molecule has 2 aromatic rings. The maximum Gasteiger partial charge on any atom is 0.131 e. The lowest BCUT2D eigenvalue weighted by molar-refractivity contribution is 0.268.